The van der Waals surface area contributed by atoms with Crippen LogP contribution in [0.3, 0.4) is 0 Å². The van der Waals surface area contributed by atoms with Crippen molar-refractivity contribution in [2.75, 3.05) is 18.8 Å². The fraction of sp³-hybridized carbons (Fsp3) is 0.636. The number of hydrogen-bond donors (Lipinski definition) is 1. The normalized spacial score (nSPS) is 31.1. The molecule has 2 saturated carbocycles. The van der Waals surface area contributed by atoms with Crippen molar-refractivity contribution in [3.63, 3.8) is 0 Å². The molecule has 2 aromatic heterocycles. The first-order valence-corrected chi connectivity index (χ1v) is 10.9. The third-order valence-corrected chi connectivity index (χ3v) is 7.40. The van der Waals surface area contributed by atoms with E-state index in [1.165, 1.54) is 12.3 Å². The molecule has 0 amide bonds. The van der Waals surface area contributed by atoms with Gasteiger partial charge in [-0.1, -0.05) is 6.92 Å². The van der Waals surface area contributed by atoms with Gasteiger partial charge in [-0.15, -0.1) is 0 Å². The van der Waals surface area contributed by atoms with Crippen molar-refractivity contribution in [1.82, 2.24) is 19.7 Å². The van der Waals surface area contributed by atoms with Crippen LogP contribution in [0.25, 0.3) is 11.3 Å². The van der Waals surface area contributed by atoms with Crippen molar-refractivity contribution in [3.8, 4) is 17.0 Å². The van der Waals surface area contributed by atoms with E-state index in [0.29, 0.717) is 23.1 Å². The molecule has 10 heteroatoms. The van der Waals surface area contributed by atoms with E-state index < -0.39 is 12.5 Å². The number of alkyl halides is 4. The van der Waals surface area contributed by atoms with Gasteiger partial charge in [0.15, 0.2) is 11.6 Å². The lowest BCUT2D eigenvalue weighted by Gasteiger charge is -2.43. The Bertz CT molecular complexity index is 1030. The van der Waals surface area contributed by atoms with Crippen LogP contribution in [-0.4, -0.2) is 51.3 Å². The molecule has 1 aliphatic heterocycles. The van der Waals surface area contributed by atoms with Crippen LogP contribution >= 0.6 is 0 Å². The van der Waals surface area contributed by atoms with Crippen molar-refractivity contribution in [1.29, 1.82) is 0 Å². The summed E-state index contributed by atoms with van der Waals surface area (Å²) < 4.78 is 58.4. The number of rotatable bonds is 6. The maximum absolute atomic E-state index is 13.3. The Hall–Kier alpha value is -2.36. The molecule has 32 heavy (non-hydrogen) atoms. The minimum absolute atomic E-state index is 0.0583. The number of halogens is 4. The summed E-state index contributed by atoms with van der Waals surface area (Å²) in [4.78, 5) is 5.89. The van der Waals surface area contributed by atoms with Gasteiger partial charge in [-0.05, 0) is 50.2 Å². The minimum atomic E-state index is -3.00. The molecule has 0 radical (unpaired) electrons. The van der Waals surface area contributed by atoms with Crippen LogP contribution in [0.4, 0.5) is 23.4 Å². The number of hydrogen-bond acceptors (Lipinski definition) is 5. The molecule has 2 aliphatic carbocycles. The van der Waals surface area contributed by atoms with Crippen molar-refractivity contribution in [2.24, 2.45) is 11.3 Å². The molecule has 6 nitrogen and oxygen atoms in total. The quantitative estimate of drug-likeness (QED) is 0.651. The molecule has 3 fully saturated rings. The highest BCUT2D eigenvalue weighted by Gasteiger charge is 2.68. The van der Waals surface area contributed by atoms with Crippen LogP contribution in [-0.2, 0) is 0 Å². The molecule has 1 saturated heterocycles. The maximum atomic E-state index is 13.3. The maximum Gasteiger partial charge on any atom is 0.387 e. The van der Waals surface area contributed by atoms with Crippen LogP contribution in [0.5, 0.6) is 5.75 Å². The van der Waals surface area contributed by atoms with Crippen molar-refractivity contribution < 1.29 is 22.3 Å². The highest BCUT2D eigenvalue weighted by molar-refractivity contribution is 5.64. The highest BCUT2D eigenvalue weighted by atomic mass is 19.3. The van der Waals surface area contributed by atoms with Crippen LogP contribution in [0.15, 0.2) is 18.3 Å². The van der Waals surface area contributed by atoms with Gasteiger partial charge in [0.25, 0.3) is 5.92 Å². The smallest absolute Gasteiger partial charge is 0.387 e. The Labute approximate surface area is 183 Å². The number of ether oxygens (including phenoxy) is 1. The van der Waals surface area contributed by atoms with Crippen LogP contribution in [0.2, 0.25) is 0 Å². The number of pyridine rings is 1. The molecule has 3 heterocycles. The van der Waals surface area contributed by atoms with Gasteiger partial charge < -0.3 is 10.5 Å². The second kappa shape index (κ2) is 7.07. The average molecular weight is 453 g/mol. The zero-order valence-corrected chi connectivity index (χ0v) is 18.2. The van der Waals surface area contributed by atoms with Gasteiger partial charge in [0.2, 0.25) is 0 Å². The Morgan fingerprint density at radius 1 is 1.22 bits per heavy atom. The number of nitrogens with two attached hydrogens (primary N) is 1. The first-order chi connectivity index (χ1) is 15.0. The van der Waals surface area contributed by atoms with Gasteiger partial charge in [0.1, 0.15) is 0 Å². The first-order valence-electron chi connectivity index (χ1n) is 10.9. The lowest BCUT2D eigenvalue weighted by molar-refractivity contribution is -0.147. The van der Waals surface area contributed by atoms with Gasteiger partial charge in [-0.3, -0.25) is 9.58 Å². The Kier molecular flexibility index (Phi) is 4.75. The molecule has 2 aromatic rings. The Morgan fingerprint density at radius 2 is 1.94 bits per heavy atom. The SMILES string of the molecule is CC(C)n1nc(-c2cnc(N)c(OC(F)F)c2)cc1[C@H]1[C@@H]2CC(N3CC(F)(F)C3)CC21C. The summed E-state index contributed by atoms with van der Waals surface area (Å²) in [5.41, 5.74) is 7.97. The summed E-state index contributed by atoms with van der Waals surface area (Å²) in [7, 11) is 0. The predicted octanol–water partition coefficient (Wildman–Crippen LogP) is 4.54. The van der Waals surface area contributed by atoms with Crippen molar-refractivity contribution in [2.45, 2.75) is 64.1 Å². The molecule has 174 valence electrons. The largest absolute Gasteiger partial charge is 0.431 e. The molecule has 4 atom stereocenters. The summed E-state index contributed by atoms with van der Waals surface area (Å²) in [6.45, 7) is 3.05. The van der Waals surface area contributed by atoms with Gasteiger partial charge in [-0.2, -0.15) is 13.9 Å². The monoisotopic (exact) mass is 453 g/mol. The van der Waals surface area contributed by atoms with Gasteiger partial charge >= 0.3 is 6.61 Å². The molecule has 3 aliphatic rings. The zero-order valence-electron chi connectivity index (χ0n) is 18.2. The van der Waals surface area contributed by atoms with Crippen molar-refractivity contribution >= 4 is 5.82 Å². The van der Waals surface area contributed by atoms with Gasteiger partial charge in [-0.25, -0.2) is 13.8 Å². The minimum Gasteiger partial charge on any atom is -0.431 e. The highest BCUT2D eigenvalue weighted by Crippen LogP contribution is 2.73. The summed E-state index contributed by atoms with van der Waals surface area (Å²) in [5.74, 6) is -2.11. The van der Waals surface area contributed by atoms with Crippen LogP contribution in [0, 0.1) is 11.3 Å². The number of anilines is 1. The zero-order chi connectivity index (χ0) is 23.0. The Morgan fingerprint density at radius 3 is 2.50 bits per heavy atom. The van der Waals surface area contributed by atoms with E-state index in [9.17, 15) is 17.6 Å². The number of fused-ring (bicyclic) bond motifs is 1. The lowest BCUT2D eigenvalue weighted by atomic mass is 9.94. The number of nitrogen functional groups attached to an aromatic ring is 1. The average Bonchev–Trinajstić information content (AvgIpc) is 3.00. The summed E-state index contributed by atoms with van der Waals surface area (Å²) in [5, 5.41) is 4.73. The molecule has 0 aromatic carbocycles. The predicted molar refractivity (Wildman–Crippen MR) is 111 cm³/mol. The molecular formula is C22H27F4N5O. The van der Waals surface area contributed by atoms with E-state index in [2.05, 4.69) is 16.6 Å². The van der Waals surface area contributed by atoms with E-state index in [0.717, 1.165) is 18.5 Å². The van der Waals surface area contributed by atoms with E-state index >= 15 is 0 Å². The second-order valence-electron chi connectivity index (χ2n) is 9.92. The third kappa shape index (κ3) is 3.43. The van der Waals surface area contributed by atoms with Gasteiger partial charge in [0.05, 0.1) is 18.8 Å². The molecular weight excluding hydrogens is 426 g/mol. The molecule has 0 bridgehead atoms. The van der Waals surface area contributed by atoms with Crippen LogP contribution < -0.4 is 10.5 Å². The van der Waals surface area contributed by atoms with E-state index in [1.807, 2.05) is 29.5 Å². The number of nitrogens with zero attached hydrogens (tertiary/aromatic N) is 4. The molecule has 2 N–H and O–H groups in total. The van der Waals surface area contributed by atoms with E-state index in [-0.39, 0.29) is 42.2 Å². The van der Waals surface area contributed by atoms with Crippen LogP contribution in [0.1, 0.15) is 51.3 Å². The fourth-order valence-electron chi connectivity index (χ4n) is 5.84. The molecule has 0 spiro atoms. The standard InChI is InChI=1S/C22H27F4N5O/c1-11(2)31-16(6-15(29-31)12-4-17(32-20(23)24)19(27)28-8-12)18-14-5-13(7-21(14,18)3)30-9-22(25,26)10-30/h4,6,8,11,13-14,18,20H,5,7,9-10H2,1-3H3,(H2,27,28)/t13?,14-,18+,21?/m0/s1. The topological polar surface area (TPSA) is 69.2 Å². The fourth-order valence-corrected chi connectivity index (χ4v) is 5.84. The molecule has 2 unspecified atom stereocenters. The second-order valence-corrected chi connectivity index (χ2v) is 9.92. The van der Waals surface area contributed by atoms with Gasteiger partial charge in [0, 0.05) is 35.5 Å². The number of aromatic nitrogens is 3. The molecule has 5 rings (SSSR count). The summed E-state index contributed by atoms with van der Waals surface area (Å²) >= 11 is 0. The third-order valence-electron chi connectivity index (χ3n) is 7.40. The van der Waals surface area contributed by atoms with E-state index in [4.69, 9.17) is 10.8 Å². The summed E-state index contributed by atoms with van der Waals surface area (Å²) in [6, 6.07) is 3.74. The van der Waals surface area contributed by atoms with Crippen molar-refractivity contribution in [3.05, 3.63) is 24.0 Å². The summed E-state index contributed by atoms with van der Waals surface area (Å²) in [6.07, 6.45) is 3.30. The first kappa shape index (κ1) is 21.5. The number of likely N-dealkylation sites (tertiary alicyclic amines) is 1. The Balaban J connectivity index is 1.39. The lowest BCUT2D eigenvalue weighted by Crippen LogP contribution is -2.59. The van der Waals surface area contributed by atoms with E-state index in [1.54, 1.807) is 0 Å².